The summed E-state index contributed by atoms with van der Waals surface area (Å²) < 4.78 is 6.85. The van der Waals surface area contributed by atoms with E-state index < -0.39 is 31.1 Å². The monoisotopic (exact) mass is 271 g/mol. The molecule has 0 spiro atoms. The Morgan fingerprint density at radius 3 is 2.74 bits per heavy atom. The third kappa shape index (κ3) is 1.75. The fourth-order valence-corrected chi connectivity index (χ4v) is 2.17. The first kappa shape index (κ1) is 12.2. The van der Waals surface area contributed by atoms with Gasteiger partial charge in [-0.3, -0.25) is 4.57 Å². The smallest absolute Gasteiger partial charge is 0.167 e. The van der Waals surface area contributed by atoms with Crippen LogP contribution in [0, 0.1) is 0 Å². The quantitative estimate of drug-likeness (QED) is 0.461. The number of fused-ring (bicyclic) bond motifs is 1. The van der Waals surface area contributed by atoms with E-state index in [4.69, 9.17) is 15.6 Å². The molecule has 0 unspecified atom stereocenters. The number of aromatic nitrogens is 4. The second-order valence-electron chi connectivity index (χ2n) is 4.31. The lowest BCUT2D eigenvalue weighted by Gasteiger charge is -2.16. The fraction of sp³-hybridized carbons (Fsp3) is 0.500. The summed E-state index contributed by atoms with van der Waals surface area (Å²) in [7, 11) is 0. The first-order valence-corrected chi connectivity index (χ1v) is 5.69. The predicted molar refractivity (Wildman–Crippen MR) is 62.7 cm³/mol. The SMILES string of the molecule is [15NH2]c1[15n][13cH][15n]c2c1ncn2[C@@H]1O[C@H](CO)[C@@H](O)[C@H]1O. The lowest BCUT2D eigenvalue weighted by molar-refractivity contribution is -0.0511. The zero-order valence-corrected chi connectivity index (χ0v) is 9.79. The van der Waals surface area contributed by atoms with Gasteiger partial charge in [0, 0.05) is 0 Å². The van der Waals surface area contributed by atoms with E-state index in [0.29, 0.717) is 11.2 Å². The molecule has 9 nitrogen and oxygen atoms in total. The van der Waals surface area contributed by atoms with E-state index in [9.17, 15) is 10.2 Å². The van der Waals surface area contributed by atoms with Crippen LogP contribution in [-0.2, 0) is 4.74 Å². The summed E-state index contributed by atoms with van der Waals surface area (Å²) in [5, 5.41) is 28.7. The molecule has 2 aromatic rings. The number of ether oxygens (including phenoxy) is 1. The van der Waals surface area contributed by atoms with E-state index in [1.165, 1.54) is 17.2 Å². The largest absolute Gasteiger partial charge is 0.394 e. The average Bonchev–Trinajstić information content (AvgIpc) is 2.94. The molecule has 5 N–H and O–H groups in total. The van der Waals surface area contributed by atoms with Crippen LogP contribution in [0.25, 0.3) is 11.2 Å². The first-order chi connectivity index (χ1) is 9.13. The van der Waals surface area contributed by atoms with Crippen molar-refractivity contribution in [1.29, 1.82) is 0 Å². The lowest BCUT2D eigenvalue weighted by atomic mass is 10.1. The van der Waals surface area contributed by atoms with E-state index in [1.54, 1.807) is 0 Å². The summed E-state index contributed by atoms with van der Waals surface area (Å²) in [6.45, 7) is -0.390. The van der Waals surface area contributed by atoms with Gasteiger partial charge in [0.25, 0.3) is 0 Å². The van der Waals surface area contributed by atoms with Crippen molar-refractivity contribution < 1.29 is 20.1 Å². The molecule has 0 saturated carbocycles. The van der Waals surface area contributed by atoms with Crippen LogP contribution in [0.3, 0.4) is 0 Å². The van der Waals surface area contributed by atoms with E-state index in [1.807, 2.05) is 0 Å². The van der Waals surface area contributed by atoms with E-state index in [2.05, 4.69) is 15.0 Å². The van der Waals surface area contributed by atoms with Crippen molar-refractivity contribution in [2.24, 2.45) is 0 Å². The Balaban J connectivity index is 2.04. The lowest BCUT2D eigenvalue weighted by Crippen LogP contribution is -2.33. The third-order valence-electron chi connectivity index (χ3n) is 3.18. The van der Waals surface area contributed by atoms with Crippen LogP contribution in [-0.4, -0.2) is 59.8 Å². The molecule has 19 heavy (non-hydrogen) atoms. The van der Waals surface area contributed by atoms with Crippen molar-refractivity contribution in [2.75, 3.05) is 12.3 Å². The van der Waals surface area contributed by atoms with E-state index in [0.717, 1.165) is 0 Å². The highest BCUT2D eigenvalue weighted by molar-refractivity contribution is 5.81. The molecule has 102 valence electrons. The number of hydrogen-bond acceptors (Lipinski definition) is 8. The van der Waals surface area contributed by atoms with Gasteiger partial charge in [-0.2, -0.15) is 0 Å². The van der Waals surface area contributed by atoms with Gasteiger partial charge in [-0.05, 0) is 0 Å². The molecule has 4 atom stereocenters. The molecule has 1 fully saturated rings. The van der Waals surface area contributed by atoms with Gasteiger partial charge in [0.1, 0.15) is 30.2 Å². The van der Waals surface area contributed by atoms with Crippen LogP contribution < -0.4 is 5.73 Å². The molecule has 1 aliphatic rings. The van der Waals surface area contributed by atoms with Crippen molar-refractivity contribution >= 4 is 17.0 Å². The Hall–Kier alpha value is -1.81. The van der Waals surface area contributed by atoms with Gasteiger partial charge in [-0.15, -0.1) is 0 Å². The van der Waals surface area contributed by atoms with Crippen LogP contribution in [0.4, 0.5) is 5.82 Å². The average molecular weight is 271 g/mol. The molecule has 3 rings (SSSR count). The second kappa shape index (κ2) is 4.38. The summed E-state index contributed by atoms with van der Waals surface area (Å²) in [6, 6.07) is 0. The molecular weight excluding hydrogens is 258 g/mol. The van der Waals surface area contributed by atoms with Gasteiger partial charge < -0.3 is 25.8 Å². The molecule has 0 radical (unpaired) electrons. The zero-order chi connectivity index (χ0) is 13.6. The minimum atomic E-state index is -1.19. The first-order valence-electron chi connectivity index (χ1n) is 5.69. The van der Waals surface area contributed by atoms with Crippen LogP contribution in [0.1, 0.15) is 6.23 Å². The maximum absolute atomic E-state index is 9.95. The molecule has 0 aromatic carbocycles. The maximum Gasteiger partial charge on any atom is 0.167 e. The number of rotatable bonds is 2. The standard InChI is InChI=1S/C10H13N5O4/c11-8-5-9(13-2-12-8)15(3-14-5)10-7(18)6(17)4(1-16)19-10/h2-4,6-7,10,16-18H,1H2,(H2,11,12,13)/t4-,6-,7-,10-/m1/s1/i2+1,11+1,12+1,13+1. The highest BCUT2D eigenvalue weighted by Gasteiger charge is 2.43. The topological polar surface area (TPSA) is 140 Å². The van der Waals surface area contributed by atoms with Crippen molar-refractivity contribution in [1.82, 2.24) is 19.5 Å². The van der Waals surface area contributed by atoms with Gasteiger partial charge in [-0.25, -0.2) is 15.0 Å². The van der Waals surface area contributed by atoms with Crippen LogP contribution in [0.15, 0.2) is 12.7 Å². The molecule has 0 aliphatic carbocycles. The van der Waals surface area contributed by atoms with Gasteiger partial charge in [-0.1, -0.05) is 0 Å². The van der Waals surface area contributed by atoms with Gasteiger partial charge in [0.15, 0.2) is 17.7 Å². The van der Waals surface area contributed by atoms with Crippen molar-refractivity contribution in [3.8, 4) is 0 Å². The minimum absolute atomic E-state index is 0.218. The molecular formula is C10H13N5O4. The number of aliphatic hydroxyl groups excluding tert-OH is 3. The Kier molecular flexibility index (Phi) is 2.82. The Morgan fingerprint density at radius 1 is 1.26 bits per heavy atom. The highest BCUT2D eigenvalue weighted by Crippen LogP contribution is 2.31. The number of nitrogens with zero attached hydrogens (tertiary/aromatic N) is 4. The number of nitrogen functional groups attached to an aromatic ring is 1. The molecule has 1 aliphatic heterocycles. The molecule has 2 aromatic heterocycles. The highest BCUT2D eigenvalue weighted by atomic mass is 16.6. The summed E-state index contributed by atoms with van der Waals surface area (Å²) >= 11 is 0. The van der Waals surface area contributed by atoms with Gasteiger partial charge in [0.2, 0.25) is 0 Å². The third-order valence-corrected chi connectivity index (χ3v) is 3.18. The summed E-state index contributed by atoms with van der Waals surface area (Å²) in [5.41, 5.74) is 6.44. The Morgan fingerprint density at radius 2 is 2.05 bits per heavy atom. The van der Waals surface area contributed by atoms with E-state index >= 15 is 0 Å². The van der Waals surface area contributed by atoms with Crippen molar-refractivity contribution in [3.05, 3.63) is 12.7 Å². The minimum Gasteiger partial charge on any atom is -0.394 e. The predicted octanol–water partition coefficient (Wildman–Crippen LogP) is -1.98. The van der Waals surface area contributed by atoms with Crippen LogP contribution >= 0.6 is 0 Å². The van der Waals surface area contributed by atoms with Crippen LogP contribution in [0.5, 0.6) is 0 Å². The summed E-state index contributed by atoms with van der Waals surface area (Å²) in [4.78, 5) is 11.9. The second-order valence-corrected chi connectivity index (χ2v) is 4.31. The zero-order valence-electron chi connectivity index (χ0n) is 9.79. The Bertz CT molecular complexity index is 603. The number of nitrogens with two attached hydrogens (primary N) is 1. The number of imidazole rings is 1. The normalized spacial score (nSPS) is 31.1. The van der Waals surface area contributed by atoms with Crippen molar-refractivity contribution in [2.45, 2.75) is 24.5 Å². The van der Waals surface area contributed by atoms with Crippen LogP contribution in [0.2, 0.25) is 0 Å². The summed E-state index contributed by atoms with van der Waals surface area (Å²) in [6.07, 6.45) is -1.42. The Labute approximate surface area is 107 Å². The molecule has 0 amide bonds. The van der Waals surface area contributed by atoms with E-state index in [-0.39, 0.29) is 5.82 Å². The summed E-state index contributed by atoms with van der Waals surface area (Å²) in [5.74, 6) is 0.218. The van der Waals surface area contributed by atoms with Crippen molar-refractivity contribution in [3.63, 3.8) is 0 Å². The molecule has 9 heteroatoms. The fourth-order valence-electron chi connectivity index (χ4n) is 2.17. The van der Waals surface area contributed by atoms with Gasteiger partial charge >= 0.3 is 0 Å². The van der Waals surface area contributed by atoms with Gasteiger partial charge in [0.05, 0.1) is 12.9 Å². The molecule has 3 heterocycles. The number of hydrogen-bond donors (Lipinski definition) is 4. The molecule has 0 bridgehead atoms. The number of anilines is 1. The number of aliphatic hydroxyl groups is 3. The molecule has 1 saturated heterocycles. The maximum atomic E-state index is 9.95.